The summed E-state index contributed by atoms with van der Waals surface area (Å²) in [7, 11) is 0. The molecule has 1 aromatic heterocycles. The zero-order chi connectivity index (χ0) is 20.8. The van der Waals surface area contributed by atoms with Crippen molar-refractivity contribution in [2.24, 2.45) is 0 Å². The molecule has 2 amide bonds. The smallest absolute Gasteiger partial charge is 0.277 e. The summed E-state index contributed by atoms with van der Waals surface area (Å²) < 4.78 is 6.38. The number of anilines is 1. The van der Waals surface area contributed by atoms with Crippen molar-refractivity contribution in [3.05, 3.63) is 58.1 Å². The lowest BCUT2D eigenvalue weighted by Crippen LogP contribution is -2.33. The molecule has 0 radical (unpaired) electrons. The van der Waals surface area contributed by atoms with Crippen LogP contribution < -0.4 is 10.6 Å². The number of nitrogens with zero attached hydrogens (tertiary/aromatic N) is 2. The number of rotatable bonds is 7. The molecule has 0 spiro atoms. The Hall–Kier alpha value is -2.65. The summed E-state index contributed by atoms with van der Waals surface area (Å²) in [4.78, 5) is 23.9. The molecule has 0 saturated carbocycles. The molecular formula is C20H19BrN4O3S. The molecule has 1 heterocycles. The van der Waals surface area contributed by atoms with Crippen LogP contribution in [0.2, 0.25) is 0 Å². The Labute approximate surface area is 180 Å². The molecule has 7 nitrogen and oxygen atoms in total. The summed E-state index contributed by atoms with van der Waals surface area (Å²) in [5.74, 6) is -0.145. The number of benzene rings is 2. The lowest BCUT2D eigenvalue weighted by atomic mass is 10.1. The zero-order valence-electron chi connectivity index (χ0n) is 15.9. The number of hydrogen-bond donors (Lipinski definition) is 2. The third-order valence-corrected chi connectivity index (χ3v) is 5.59. The van der Waals surface area contributed by atoms with Crippen molar-refractivity contribution in [1.82, 2.24) is 15.5 Å². The largest absolute Gasteiger partial charge is 0.411 e. The number of aromatic nitrogens is 2. The second kappa shape index (κ2) is 9.71. The molecular weight excluding hydrogens is 456 g/mol. The van der Waals surface area contributed by atoms with Crippen LogP contribution in [0, 0.1) is 13.8 Å². The van der Waals surface area contributed by atoms with Crippen LogP contribution in [-0.2, 0) is 9.59 Å². The van der Waals surface area contributed by atoms with Crippen LogP contribution in [0.1, 0.15) is 11.1 Å². The maximum Gasteiger partial charge on any atom is 0.277 e. The number of aryl methyl sites for hydroxylation is 2. The third-order valence-electron chi connectivity index (χ3n) is 4.08. The maximum atomic E-state index is 12.0. The molecule has 0 aliphatic rings. The lowest BCUT2D eigenvalue weighted by Gasteiger charge is -2.07. The van der Waals surface area contributed by atoms with Crippen LogP contribution in [0.4, 0.5) is 5.69 Å². The van der Waals surface area contributed by atoms with Gasteiger partial charge in [0.2, 0.25) is 17.7 Å². The van der Waals surface area contributed by atoms with Gasteiger partial charge in [0.05, 0.1) is 18.0 Å². The van der Waals surface area contributed by atoms with E-state index in [-0.39, 0.29) is 24.1 Å². The van der Waals surface area contributed by atoms with Crippen molar-refractivity contribution in [3.8, 4) is 11.5 Å². The summed E-state index contributed by atoms with van der Waals surface area (Å²) >= 11 is 4.47. The standard InChI is InChI=1S/C20H19BrN4O3S/c1-12-7-8-14(9-13(12)2)19-24-25-20(28-19)29-11-18(27)22-10-17(26)23-16-6-4-3-5-15(16)21/h3-9H,10-11H2,1-2H3,(H,22,27)(H,23,26). The molecule has 0 aliphatic heterocycles. The van der Waals surface area contributed by atoms with Crippen LogP contribution in [0.5, 0.6) is 0 Å². The van der Waals surface area contributed by atoms with Gasteiger partial charge in [-0.05, 0) is 65.2 Å². The van der Waals surface area contributed by atoms with E-state index in [0.717, 1.165) is 27.4 Å². The van der Waals surface area contributed by atoms with Crippen LogP contribution in [0.25, 0.3) is 11.5 Å². The molecule has 0 atom stereocenters. The van der Waals surface area contributed by atoms with Gasteiger partial charge in [0.1, 0.15) is 0 Å². The highest BCUT2D eigenvalue weighted by atomic mass is 79.9. The fourth-order valence-electron chi connectivity index (χ4n) is 2.37. The normalized spacial score (nSPS) is 10.6. The average molecular weight is 475 g/mol. The number of para-hydroxylation sites is 1. The fraction of sp³-hybridized carbons (Fsp3) is 0.200. The van der Waals surface area contributed by atoms with E-state index in [0.29, 0.717) is 16.8 Å². The summed E-state index contributed by atoms with van der Waals surface area (Å²) in [5, 5.41) is 13.6. The Bertz CT molecular complexity index is 1040. The van der Waals surface area contributed by atoms with Crippen molar-refractivity contribution in [3.63, 3.8) is 0 Å². The van der Waals surface area contributed by atoms with E-state index in [1.165, 1.54) is 5.56 Å². The van der Waals surface area contributed by atoms with Crippen molar-refractivity contribution in [2.75, 3.05) is 17.6 Å². The molecule has 0 saturated heterocycles. The predicted molar refractivity (Wildman–Crippen MR) is 116 cm³/mol. The van der Waals surface area contributed by atoms with Gasteiger partial charge in [-0.25, -0.2) is 0 Å². The van der Waals surface area contributed by atoms with Gasteiger partial charge in [-0.15, -0.1) is 10.2 Å². The average Bonchev–Trinajstić information content (AvgIpc) is 3.18. The minimum Gasteiger partial charge on any atom is -0.411 e. The topological polar surface area (TPSA) is 97.1 Å². The first-order chi connectivity index (χ1) is 13.9. The maximum absolute atomic E-state index is 12.0. The van der Waals surface area contributed by atoms with Crippen molar-refractivity contribution >= 4 is 45.2 Å². The highest BCUT2D eigenvalue weighted by Crippen LogP contribution is 2.24. The molecule has 2 N–H and O–H groups in total. The number of amides is 2. The third kappa shape index (κ3) is 5.91. The molecule has 0 aliphatic carbocycles. The van der Waals surface area contributed by atoms with Crippen LogP contribution in [0.3, 0.4) is 0 Å². The van der Waals surface area contributed by atoms with E-state index in [4.69, 9.17) is 4.42 Å². The summed E-state index contributed by atoms with van der Waals surface area (Å²) in [5.41, 5.74) is 3.80. The number of hydrogen-bond acceptors (Lipinski definition) is 6. The van der Waals surface area contributed by atoms with Crippen LogP contribution >= 0.6 is 27.7 Å². The second-order valence-corrected chi connectivity index (χ2v) is 8.05. The summed E-state index contributed by atoms with van der Waals surface area (Å²) in [6.07, 6.45) is 0. The van der Waals surface area contributed by atoms with E-state index in [9.17, 15) is 9.59 Å². The van der Waals surface area contributed by atoms with Crippen molar-refractivity contribution in [1.29, 1.82) is 0 Å². The van der Waals surface area contributed by atoms with Crippen molar-refractivity contribution < 1.29 is 14.0 Å². The van der Waals surface area contributed by atoms with E-state index in [1.54, 1.807) is 6.07 Å². The Morgan fingerprint density at radius 2 is 1.86 bits per heavy atom. The van der Waals surface area contributed by atoms with Crippen molar-refractivity contribution in [2.45, 2.75) is 19.1 Å². The zero-order valence-corrected chi connectivity index (χ0v) is 18.3. The van der Waals surface area contributed by atoms with Gasteiger partial charge in [-0.1, -0.05) is 30.0 Å². The van der Waals surface area contributed by atoms with Gasteiger partial charge >= 0.3 is 0 Å². The van der Waals surface area contributed by atoms with Gasteiger partial charge in [0.15, 0.2) is 0 Å². The second-order valence-electron chi connectivity index (χ2n) is 6.27. The fourth-order valence-corrected chi connectivity index (χ4v) is 3.35. The summed E-state index contributed by atoms with van der Waals surface area (Å²) in [6.45, 7) is 3.92. The molecule has 2 aromatic carbocycles. The Kier molecular flexibility index (Phi) is 7.05. The molecule has 0 bridgehead atoms. The molecule has 9 heteroatoms. The van der Waals surface area contributed by atoms with Gasteiger partial charge in [-0.2, -0.15) is 0 Å². The molecule has 0 unspecified atom stereocenters. The first kappa shape index (κ1) is 21.1. The Morgan fingerprint density at radius 3 is 2.62 bits per heavy atom. The quantitative estimate of drug-likeness (QED) is 0.502. The molecule has 0 fully saturated rings. The van der Waals surface area contributed by atoms with E-state index >= 15 is 0 Å². The molecule has 150 valence electrons. The minimum absolute atomic E-state index is 0.0663. The van der Waals surface area contributed by atoms with Gasteiger partial charge in [-0.3, -0.25) is 9.59 Å². The highest BCUT2D eigenvalue weighted by molar-refractivity contribution is 9.10. The van der Waals surface area contributed by atoms with Gasteiger partial charge < -0.3 is 15.1 Å². The molecule has 3 aromatic rings. The van der Waals surface area contributed by atoms with Crippen LogP contribution in [-0.4, -0.2) is 34.3 Å². The number of carbonyl (C=O) groups excluding carboxylic acids is 2. The highest BCUT2D eigenvalue weighted by Gasteiger charge is 2.13. The summed E-state index contributed by atoms with van der Waals surface area (Å²) in [6, 6.07) is 13.1. The predicted octanol–water partition coefficient (Wildman–Crippen LogP) is 3.96. The van der Waals surface area contributed by atoms with E-state index in [2.05, 4.69) is 36.8 Å². The van der Waals surface area contributed by atoms with E-state index < -0.39 is 0 Å². The minimum atomic E-state index is -0.315. The lowest BCUT2D eigenvalue weighted by molar-refractivity contribution is -0.122. The Balaban J connectivity index is 1.46. The van der Waals surface area contributed by atoms with Gasteiger partial charge in [0, 0.05) is 10.0 Å². The number of nitrogens with one attached hydrogen (secondary N) is 2. The first-order valence-corrected chi connectivity index (χ1v) is 10.6. The van der Waals surface area contributed by atoms with E-state index in [1.807, 2.05) is 50.2 Å². The number of halogens is 1. The van der Waals surface area contributed by atoms with Crippen LogP contribution in [0.15, 0.2) is 56.6 Å². The number of thioether (sulfide) groups is 1. The Morgan fingerprint density at radius 1 is 1.07 bits per heavy atom. The molecule has 3 rings (SSSR count). The number of carbonyl (C=O) groups is 2. The SMILES string of the molecule is Cc1ccc(-c2nnc(SCC(=O)NCC(=O)Nc3ccccc3Br)o2)cc1C. The molecule has 29 heavy (non-hydrogen) atoms. The first-order valence-electron chi connectivity index (χ1n) is 8.77. The monoisotopic (exact) mass is 474 g/mol. The van der Waals surface area contributed by atoms with Gasteiger partial charge in [0.25, 0.3) is 5.22 Å².